The normalized spacial score (nSPS) is 14.2. The lowest BCUT2D eigenvalue weighted by atomic mass is 9.98. The second-order valence-corrected chi connectivity index (χ2v) is 7.58. The molecule has 3 N–H and O–H groups in total. The van der Waals surface area contributed by atoms with Gasteiger partial charge in [-0.25, -0.2) is 10.4 Å². The molecule has 7 nitrogen and oxygen atoms in total. The molecule has 1 aliphatic heterocycles. The van der Waals surface area contributed by atoms with Crippen LogP contribution in [0.2, 0.25) is 0 Å². The molecule has 2 amide bonds. The van der Waals surface area contributed by atoms with E-state index in [1.165, 1.54) is 10.5 Å². The van der Waals surface area contributed by atoms with Gasteiger partial charge in [-0.05, 0) is 44.4 Å². The van der Waals surface area contributed by atoms with Gasteiger partial charge in [-0.3, -0.25) is 14.6 Å². The second kappa shape index (κ2) is 9.54. The third-order valence-electron chi connectivity index (χ3n) is 5.43. The van der Waals surface area contributed by atoms with E-state index in [0.29, 0.717) is 35.9 Å². The molecule has 0 atom stereocenters. The van der Waals surface area contributed by atoms with Crippen LogP contribution in [0.3, 0.4) is 0 Å². The van der Waals surface area contributed by atoms with Crippen molar-refractivity contribution >= 4 is 23.3 Å². The summed E-state index contributed by atoms with van der Waals surface area (Å²) in [5, 5.41) is 1.63. The molecule has 1 aromatic carbocycles. The fourth-order valence-electron chi connectivity index (χ4n) is 3.57. The monoisotopic (exact) mass is 407 g/mol. The Morgan fingerprint density at radius 3 is 2.63 bits per heavy atom. The SMILES string of the molecule is CC1=C(CC(=O)N(C)c2ccc(N)nc2C)C(=O)N(NCCc2ccccc2)CC1. The standard InChI is InChI=1S/C23H29N5O2/c1-16-12-14-28(25-13-11-18-7-5-4-6-8-18)23(30)19(16)15-22(29)27(3)20-9-10-21(24)26-17(20)2/h4-10,25H,11-15H2,1-3H3,(H2,24,26). The van der Waals surface area contributed by atoms with Gasteiger partial charge in [0.05, 0.1) is 17.8 Å². The van der Waals surface area contributed by atoms with E-state index in [1.54, 1.807) is 24.2 Å². The van der Waals surface area contributed by atoms with Gasteiger partial charge in [0.1, 0.15) is 5.82 Å². The summed E-state index contributed by atoms with van der Waals surface area (Å²) >= 11 is 0. The van der Waals surface area contributed by atoms with Crippen molar-refractivity contribution in [3.05, 3.63) is 64.9 Å². The molecule has 0 aliphatic carbocycles. The molecule has 2 aromatic rings. The van der Waals surface area contributed by atoms with E-state index in [4.69, 9.17) is 5.73 Å². The van der Waals surface area contributed by atoms with Crippen molar-refractivity contribution in [2.75, 3.05) is 30.8 Å². The number of aromatic nitrogens is 1. The zero-order chi connectivity index (χ0) is 21.7. The van der Waals surface area contributed by atoms with Crippen LogP contribution in [-0.4, -0.2) is 41.9 Å². The molecule has 30 heavy (non-hydrogen) atoms. The van der Waals surface area contributed by atoms with Gasteiger partial charge in [-0.15, -0.1) is 0 Å². The third kappa shape index (κ3) is 5.04. The van der Waals surface area contributed by atoms with E-state index in [9.17, 15) is 9.59 Å². The first-order valence-electron chi connectivity index (χ1n) is 10.1. The summed E-state index contributed by atoms with van der Waals surface area (Å²) in [5.74, 6) is 0.134. The largest absolute Gasteiger partial charge is 0.384 e. The Kier molecular flexibility index (Phi) is 6.84. The fourth-order valence-corrected chi connectivity index (χ4v) is 3.57. The first kappa shape index (κ1) is 21.5. The quantitative estimate of drug-likeness (QED) is 0.736. The molecule has 0 spiro atoms. The van der Waals surface area contributed by atoms with E-state index in [0.717, 1.165) is 18.4 Å². The van der Waals surface area contributed by atoms with Gasteiger partial charge < -0.3 is 10.6 Å². The Morgan fingerprint density at radius 1 is 1.20 bits per heavy atom. The molecular formula is C23H29N5O2. The van der Waals surface area contributed by atoms with E-state index in [-0.39, 0.29) is 18.2 Å². The number of aryl methyl sites for hydroxylation is 1. The number of nitrogens with two attached hydrogens (primary N) is 1. The Balaban J connectivity index is 1.62. The lowest BCUT2D eigenvalue weighted by Gasteiger charge is -2.30. The number of hydrogen-bond donors (Lipinski definition) is 2. The highest BCUT2D eigenvalue weighted by Crippen LogP contribution is 2.24. The first-order valence-corrected chi connectivity index (χ1v) is 10.1. The summed E-state index contributed by atoms with van der Waals surface area (Å²) in [6.07, 6.45) is 1.63. The smallest absolute Gasteiger partial charge is 0.264 e. The summed E-state index contributed by atoms with van der Waals surface area (Å²) in [6.45, 7) is 5.00. The highest BCUT2D eigenvalue weighted by atomic mass is 16.2. The summed E-state index contributed by atoms with van der Waals surface area (Å²) in [5.41, 5.74) is 13.0. The number of nitrogens with zero attached hydrogens (tertiary/aromatic N) is 3. The number of nitrogens with one attached hydrogen (secondary N) is 1. The van der Waals surface area contributed by atoms with Gasteiger partial charge >= 0.3 is 0 Å². The molecule has 0 saturated heterocycles. The number of hydrazine groups is 1. The van der Waals surface area contributed by atoms with Gasteiger partial charge in [0.2, 0.25) is 5.91 Å². The number of pyridine rings is 1. The van der Waals surface area contributed by atoms with Crippen LogP contribution in [0.15, 0.2) is 53.6 Å². The van der Waals surface area contributed by atoms with Crippen molar-refractivity contribution in [1.29, 1.82) is 0 Å². The number of rotatable bonds is 7. The lowest BCUT2D eigenvalue weighted by molar-refractivity contribution is -0.132. The van der Waals surface area contributed by atoms with Gasteiger partial charge in [0.25, 0.3) is 5.91 Å². The number of hydrogen-bond acceptors (Lipinski definition) is 5. The number of benzene rings is 1. The molecule has 0 saturated carbocycles. The van der Waals surface area contributed by atoms with E-state index >= 15 is 0 Å². The second-order valence-electron chi connectivity index (χ2n) is 7.58. The van der Waals surface area contributed by atoms with E-state index in [2.05, 4.69) is 22.5 Å². The van der Waals surface area contributed by atoms with Crippen LogP contribution >= 0.6 is 0 Å². The first-order chi connectivity index (χ1) is 14.4. The van der Waals surface area contributed by atoms with Crippen molar-refractivity contribution in [3.63, 3.8) is 0 Å². The van der Waals surface area contributed by atoms with Gasteiger partial charge in [0.15, 0.2) is 0 Å². The summed E-state index contributed by atoms with van der Waals surface area (Å²) in [4.78, 5) is 31.6. The highest BCUT2D eigenvalue weighted by Gasteiger charge is 2.28. The molecule has 2 heterocycles. The minimum Gasteiger partial charge on any atom is -0.384 e. The van der Waals surface area contributed by atoms with Crippen molar-refractivity contribution in [2.45, 2.75) is 33.1 Å². The average Bonchev–Trinajstić information content (AvgIpc) is 2.73. The maximum absolute atomic E-state index is 13.0. The molecule has 1 aliphatic rings. The molecule has 3 rings (SSSR count). The Bertz CT molecular complexity index is 955. The topological polar surface area (TPSA) is 91.6 Å². The van der Waals surface area contributed by atoms with Crippen LogP contribution in [0.5, 0.6) is 0 Å². The number of nitrogen functional groups attached to an aromatic ring is 1. The number of anilines is 2. The fraction of sp³-hybridized carbons (Fsp3) is 0.348. The van der Waals surface area contributed by atoms with Crippen LogP contribution in [-0.2, 0) is 16.0 Å². The molecule has 0 radical (unpaired) electrons. The Labute approximate surface area is 177 Å². The van der Waals surface area contributed by atoms with Crippen molar-refractivity contribution in [2.24, 2.45) is 0 Å². The van der Waals surface area contributed by atoms with E-state index in [1.807, 2.05) is 32.0 Å². The van der Waals surface area contributed by atoms with Crippen LogP contribution in [0.1, 0.15) is 31.0 Å². The van der Waals surface area contributed by atoms with Crippen molar-refractivity contribution in [3.8, 4) is 0 Å². The average molecular weight is 408 g/mol. The van der Waals surface area contributed by atoms with Crippen molar-refractivity contribution in [1.82, 2.24) is 15.4 Å². The zero-order valence-corrected chi connectivity index (χ0v) is 17.8. The van der Waals surface area contributed by atoms with Crippen LogP contribution in [0, 0.1) is 6.92 Å². The predicted molar refractivity (Wildman–Crippen MR) is 119 cm³/mol. The molecule has 0 fully saturated rings. The maximum Gasteiger partial charge on any atom is 0.264 e. The van der Waals surface area contributed by atoms with Crippen molar-refractivity contribution < 1.29 is 9.59 Å². The Hall–Kier alpha value is -3.19. The predicted octanol–water partition coefficient (Wildman–Crippen LogP) is 2.62. The molecule has 1 aromatic heterocycles. The summed E-state index contributed by atoms with van der Waals surface area (Å²) < 4.78 is 0. The number of carbonyl (C=O) groups excluding carboxylic acids is 2. The van der Waals surface area contributed by atoms with Gasteiger partial charge in [-0.1, -0.05) is 35.9 Å². The van der Waals surface area contributed by atoms with Crippen LogP contribution < -0.4 is 16.1 Å². The molecular weight excluding hydrogens is 378 g/mol. The highest BCUT2D eigenvalue weighted by molar-refractivity contribution is 6.04. The van der Waals surface area contributed by atoms with Crippen LogP contribution in [0.4, 0.5) is 11.5 Å². The molecule has 7 heteroatoms. The van der Waals surface area contributed by atoms with E-state index < -0.39 is 0 Å². The summed E-state index contributed by atoms with van der Waals surface area (Å²) in [7, 11) is 1.70. The minimum atomic E-state index is -0.154. The minimum absolute atomic E-state index is 0.0574. The number of carbonyl (C=O) groups is 2. The lowest BCUT2D eigenvalue weighted by Crippen LogP contribution is -2.48. The molecule has 0 bridgehead atoms. The van der Waals surface area contributed by atoms with Crippen LogP contribution in [0.25, 0.3) is 0 Å². The zero-order valence-electron chi connectivity index (χ0n) is 17.8. The van der Waals surface area contributed by atoms with Gasteiger partial charge in [-0.2, -0.15) is 0 Å². The Morgan fingerprint density at radius 2 is 1.93 bits per heavy atom. The van der Waals surface area contributed by atoms with Gasteiger partial charge in [0, 0.05) is 25.7 Å². The molecule has 0 unspecified atom stereocenters. The number of amides is 2. The third-order valence-corrected chi connectivity index (χ3v) is 5.43. The molecule has 158 valence electrons. The maximum atomic E-state index is 13.0. The summed E-state index contributed by atoms with van der Waals surface area (Å²) in [6, 6.07) is 13.6.